The van der Waals surface area contributed by atoms with Crippen LogP contribution in [0.4, 0.5) is 11.9 Å². The predicted octanol–water partition coefficient (Wildman–Crippen LogP) is 2.54. The van der Waals surface area contributed by atoms with E-state index in [0.29, 0.717) is 12.5 Å². The topological polar surface area (TPSA) is 76.7 Å². The molecule has 2 aromatic heterocycles. The van der Waals surface area contributed by atoms with Crippen molar-refractivity contribution in [3.63, 3.8) is 0 Å². The Morgan fingerprint density at radius 3 is 2.88 bits per heavy atom. The summed E-state index contributed by atoms with van der Waals surface area (Å²) in [4.78, 5) is 12.6. The molecule has 0 spiro atoms. The first-order valence-electron chi connectivity index (χ1n) is 4.27. The molecule has 0 aromatic carbocycles. The van der Waals surface area contributed by atoms with Gasteiger partial charge in [0.15, 0.2) is 0 Å². The average molecular weight is 321 g/mol. The zero-order chi connectivity index (χ0) is 11.5. The molecule has 0 fully saturated rings. The summed E-state index contributed by atoms with van der Waals surface area (Å²) >= 11 is 10.7. The molecule has 0 amide bonds. The van der Waals surface area contributed by atoms with Gasteiger partial charge in [-0.25, -0.2) is 0 Å². The van der Waals surface area contributed by atoms with Gasteiger partial charge in [0, 0.05) is 14.7 Å². The van der Waals surface area contributed by atoms with Crippen LogP contribution in [0.25, 0.3) is 0 Å². The van der Waals surface area contributed by atoms with Crippen LogP contribution < -0.4 is 11.1 Å². The lowest BCUT2D eigenvalue weighted by molar-refractivity contribution is 1.02. The molecule has 0 unspecified atom stereocenters. The highest BCUT2D eigenvalue weighted by Gasteiger charge is 2.03. The average Bonchev–Trinajstić information content (AvgIpc) is 2.60. The maximum absolute atomic E-state index is 5.65. The van der Waals surface area contributed by atoms with Crippen LogP contribution in [-0.4, -0.2) is 15.0 Å². The lowest BCUT2D eigenvalue weighted by atomic mass is 10.5. The summed E-state index contributed by atoms with van der Waals surface area (Å²) in [5, 5.41) is 5.11. The third kappa shape index (κ3) is 3.03. The standard InChI is InChI=1S/C8H7BrClN5S/c9-4-1-5(16-3-4)2-12-8-14-6(10)13-7(11)15-8/h1,3H,2H2,(H3,11,12,13,14,15). The van der Waals surface area contributed by atoms with E-state index in [0.717, 1.165) is 9.35 Å². The highest BCUT2D eigenvalue weighted by molar-refractivity contribution is 9.10. The fourth-order valence-corrected chi connectivity index (χ4v) is 2.61. The number of aromatic nitrogens is 3. The lowest BCUT2D eigenvalue weighted by Gasteiger charge is -2.03. The van der Waals surface area contributed by atoms with Crippen molar-refractivity contribution >= 4 is 50.8 Å². The lowest BCUT2D eigenvalue weighted by Crippen LogP contribution is -2.06. The van der Waals surface area contributed by atoms with Gasteiger partial charge in [-0.1, -0.05) is 0 Å². The van der Waals surface area contributed by atoms with E-state index >= 15 is 0 Å². The molecule has 0 saturated carbocycles. The molecule has 0 bridgehead atoms. The van der Waals surface area contributed by atoms with Crippen LogP contribution in [0.5, 0.6) is 0 Å². The molecule has 2 aromatic rings. The Labute approximate surface area is 109 Å². The van der Waals surface area contributed by atoms with Crippen molar-refractivity contribution in [1.29, 1.82) is 0 Å². The van der Waals surface area contributed by atoms with E-state index in [2.05, 4.69) is 36.2 Å². The van der Waals surface area contributed by atoms with Gasteiger partial charge in [-0.05, 0) is 33.6 Å². The fraction of sp³-hybridized carbons (Fsp3) is 0.125. The van der Waals surface area contributed by atoms with Crippen molar-refractivity contribution in [2.24, 2.45) is 0 Å². The van der Waals surface area contributed by atoms with E-state index in [4.69, 9.17) is 17.3 Å². The van der Waals surface area contributed by atoms with Crippen molar-refractivity contribution < 1.29 is 0 Å². The molecule has 0 aliphatic rings. The van der Waals surface area contributed by atoms with Crippen molar-refractivity contribution in [2.75, 3.05) is 11.1 Å². The molecule has 0 atom stereocenters. The van der Waals surface area contributed by atoms with E-state index in [1.54, 1.807) is 11.3 Å². The maximum atomic E-state index is 5.65. The van der Waals surface area contributed by atoms with Gasteiger partial charge in [-0.2, -0.15) is 15.0 Å². The number of nitrogens with one attached hydrogen (secondary N) is 1. The Kier molecular flexibility index (Phi) is 3.57. The van der Waals surface area contributed by atoms with E-state index in [1.807, 2.05) is 11.4 Å². The third-order valence-corrected chi connectivity index (χ3v) is 3.53. The Balaban J connectivity index is 2.04. The zero-order valence-electron chi connectivity index (χ0n) is 7.94. The monoisotopic (exact) mass is 319 g/mol. The van der Waals surface area contributed by atoms with Crippen molar-refractivity contribution in [3.8, 4) is 0 Å². The second-order valence-electron chi connectivity index (χ2n) is 2.87. The summed E-state index contributed by atoms with van der Waals surface area (Å²) in [6, 6.07) is 2.02. The molecule has 3 N–H and O–H groups in total. The molecule has 0 radical (unpaired) electrons. The molecule has 0 aliphatic heterocycles. The van der Waals surface area contributed by atoms with Gasteiger partial charge in [0.2, 0.25) is 17.2 Å². The highest BCUT2D eigenvalue weighted by Crippen LogP contribution is 2.20. The largest absolute Gasteiger partial charge is 0.368 e. The predicted molar refractivity (Wildman–Crippen MR) is 68.6 cm³/mol. The Morgan fingerprint density at radius 1 is 1.44 bits per heavy atom. The number of thiophene rings is 1. The first-order chi connectivity index (χ1) is 7.63. The normalized spacial score (nSPS) is 10.4. The molecule has 0 aliphatic carbocycles. The smallest absolute Gasteiger partial charge is 0.229 e. The van der Waals surface area contributed by atoms with Crippen LogP contribution in [0.1, 0.15) is 4.88 Å². The van der Waals surface area contributed by atoms with Crippen LogP contribution >= 0.6 is 38.9 Å². The summed E-state index contributed by atoms with van der Waals surface area (Å²) in [7, 11) is 0. The molecule has 8 heteroatoms. The SMILES string of the molecule is Nc1nc(Cl)nc(NCc2cc(Br)cs2)n1. The summed E-state index contributed by atoms with van der Waals surface area (Å²) in [5.74, 6) is 0.483. The number of nitrogens with zero attached hydrogens (tertiary/aromatic N) is 3. The Hall–Kier alpha value is -0.920. The Morgan fingerprint density at radius 2 is 2.25 bits per heavy atom. The second-order valence-corrected chi connectivity index (χ2v) is 5.12. The van der Waals surface area contributed by atoms with E-state index in [9.17, 15) is 0 Å². The molecule has 84 valence electrons. The number of nitrogens with two attached hydrogens (primary N) is 1. The minimum Gasteiger partial charge on any atom is -0.368 e. The molecule has 0 saturated heterocycles. The zero-order valence-corrected chi connectivity index (χ0v) is 11.1. The van der Waals surface area contributed by atoms with Gasteiger partial charge in [0.05, 0.1) is 6.54 Å². The van der Waals surface area contributed by atoms with Crippen LogP contribution in [-0.2, 0) is 6.54 Å². The van der Waals surface area contributed by atoms with Crippen LogP contribution in [0.2, 0.25) is 5.28 Å². The van der Waals surface area contributed by atoms with Crippen molar-refractivity contribution in [3.05, 3.63) is 26.1 Å². The summed E-state index contributed by atoms with van der Waals surface area (Å²) < 4.78 is 1.06. The number of rotatable bonds is 3. The number of halogens is 2. The van der Waals surface area contributed by atoms with Gasteiger partial charge in [0.1, 0.15) is 0 Å². The maximum Gasteiger partial charge on any atom is 0.229 e. The third-order valence-electron chi connectivity index (χ3n) is 1.67. The van der Waals surface area contributed by atoms with Gasteiger partial charge in [-0.15, -0.1) is 11.3 Å². The van der Waals surface area contributed by atoms with Gasteiger partial charge in [0.25, 0.3) is 0 Å². The number of hydrogen-bond acceptors (Lipinski definition) is 6. The quantitative estimate of drug-likeness (QED) is 0.909. The number of anilines is 2. The molecule has 16 heavy (non-hydrogen) atoms. The molecule has 2 heterocycles. The first-order valence-corrected chi connectivity index (χ1v) is 6.32. The molecule has 5 nitrogen and oxygen atoms in total. The minimum atomic E-state index is 0.0855. The molecular formula is C8H7BrClN5S. The summed E-state index contributed by atoms with van der Waals surface area (Å²) in [6.07, 6.45) is 0. The van der Waals surface area contributed by atoms with Crippen LogP contribution in [0, 0.1) is 0 Å². The Bertz CT molecular complexity index is 483. The first kappa shape index (κ1) is 11.6. The molecular weight excluding hydrogens is 314 g/mol. The number of hydrogen-bond donors (Lipinski definition) is 2. The fourth-order valence-electron chi connectivity index (χ4n) is 1.06. The van der Waals surface area contributed by atoms with Crippen LogP contribution in [0.15, 0.2) is 15.9 Å². The summed E-state index contributed by atoms with van der Waals surface area (Å²) in [5.41, 5.74) is 5.44. The van der Waals surface area contributed by atoms with Crippen molar-refractivity contribution in [2.45, 2.75) is 6.54 Å². The highest BCUT2D eigenvalue weighted by atomic mass is 79.9. The van der Waals surface area contributed by atoms with Crippen LogP contribution in [0.3, 0.4) is 0 Å². The summed E-state index contributed by atoms with van der Waals surface area (Å²) in [6.45, 7) is 0.621. The number of nitrogen functional groups attached to an aromatic ring is 1. The van der Waals surface area contributed by atoms with E-state index in [1.165, 1.54) is 0 Å². The van der Waals surface area contributed by atoms with Gasteiger partial charge >= 0.3 is 0 Å². The van der Waals surface area contributed by atoms with Gasteiger partial charge < -0.3 is 11.1 Å². The second kappa shape index (κ2) is 4.94. The van der Waals surface area contributed by atoms with E-state index in [-0.39, 0.29) is 11.2 Å². The van der Waals surface area contributed by atoms with Crippen molar-refractivity contribution in [1.82, 2.24) is 15.0 Å². The van der Waals surface area contributed by atoms with Gasteiger partial charge in [-0.3, -0.25) is 0 Å². The molecule has 2 rings (SSSR count). The van der Waals surface area contributed by atoms with E-state index < -0.39 is 0 Å². The minimum absolute atomic E-state index is 0.0855.